The number of hydrogen-bond donors (Lipinski definition) is 0. The maximum atomic E-state index is 12.9. The number of fused-ring (bicyclic) bond motifs is 6. The molecule has 0 atom stereocenters. The molecule has 0 saturated carbocycles. The number of rotatable bonds is 4. The monoisotopic (exact) mass is 552 g/mol. The van der Waals surface area contributed by atoms with Crippen LogP contribution >= 0.6 is 46.4 Å². The first-order chi connectivity index (χ1) is 16.8. The lowest BCUT2D eigenvalue weighted by molar-refractivity contribution is -0.132. The molecule has 35 heavy (non-hydrogen) atoms. The molecule has 7 nitrogen and oxygen atoms in total. The van der Waals surface area contributed by atoms with Gasteiger partial charge in [0.05, 0.1) is 15.6 Å². The molecule has 0 aromatic heterocycles. The van der Waals surface area contributed by atoms with Crippen molar-refractivity contribution in [2.75, 3.05) is 11.8 Å². The zero-order chi connectivity index (χ0) is 24.9. The van der Waals surface area contributed by atoms with Crippen molar-refractivity contribution in [2.24, 2.45) is 0 Å². The predicted octanol–water partition coefficient (Wildman–Crippen LogP) is 5.85. The molecule has 0 radical (unpaired) electrons. The average Bonchev–Trinajstić information content (AvgIpc) is 3.14. The first kappa shape index (κ1) is 23.8. The fourth-order valence-corrected chi connectivity index (χ4v) is 4.64. The highest BCUT2D eigenvalue weighted by molar-refractivity contribution is 6.33. The molecule has 1 spiro atoms. The van der Waals surface area contributed by atoms with E-state index in [4.69, 9.17) is 65.4 Å². The van der Waals surface area contributed by atoms with Gasteiger partial charge < -0.3 is 18.9 Å². The fourth-order valence-electron chi connectivity index (χ4n) is 4.13. The molecular weight excluding hydrogens is 542 g/mol. The predicted molar refractivity (Wildman–Crippen MR) is 127 cm³/mol. The van der Waals surface area contributed by atoms with E-state index in [1.807, 2.05) is 0 Å². The largest absolute Gasteiger partial charge is 0.456 e. The smallest absolute Gasteiger partial charge is 0.340 e. The minimum atomic E-state index is -1.49. The molecule has 0 N–H and O–H groups in total. The Kier molecular flexibility index (Phi) is 6.05. The first-order valence-electron chi connectivity index (χ1n) is 10.0. The van der Waals surface area contributed by atoms with Crippen LogP contribution in [0, 0.1) is 0 Å². The van der Waals surface area contributed by atoms with Crippen molar-refractivity contribution in [1.29, 1.82) is 0 Å². The van der Waals surface area contributed by atoms with Gasteiger partial charge in [0.25, 0.3) is 0 Å². The molecule has 2 aliphatic rings. The van der Waals surface area contributed by atoms with E-state index < -0.39 is 23.5 Å². The number of hydrogen-bond acceptors (Lipinski definition) is 7. The third kappa shape index (κ3) is 3.79. The van der Waals surface area contributed by atoms with Crippen LogP contribution in [-0.2, 0) is 19.9 Å². The van der Waals surface area contributed by atoms with Crippen LogP contribution in [0.2, 0.25) is 10.0 Å². The van der Waals surface area contributed by atoms with Gasteiger partial charge in [0.1, 0.15) is 23.3 Å². The SMILES string of the molecule is O=C(CCl)Oc1cc2c(cc1Cl)C1(OC(=O)c3ccccc31)c1cc(Cl)c(OC(=O)CCl)cc1O2. The zero-order valence-electron chi connectivity index (χ0n) is 17.4. The van der Waals surface area contributed by atoms with Crippen molar-refractivity contribution in [3.8, 4) is 23.0 Å². The van der Waals surface area contributed by atoms with Crippen molar-refractivity contribution < 1.29 is 33.3 Å². The first-order valence-corrected chi connectivity index (χ1v) is 11.8. The molecule has 0 unspecified atom stereocenters. The van der Waals surface area contributed by atoms with E-state index in [-0.39, 0.29) is 44.8 Å². The Labute approximate surface area is 218 Å². The molecule has 0 saturated heterocycles. The van der Waals surface area contributed by atoms with Gasteiger partial charge in [-0.15, -0.1) is 23.2 Å². The minimum absolute atomic E-state index is 0.00460. The van der Waals surface area contributed by atoms with Crippen LogP contribution in [0.15, 0.2) is 48.5 Å². The summed E-state index contributed by atoms with van der Waals surface area (Å²) in [6, 6.07) is 12.6. The summed E-state index contributed by atoms with van der Waals surface area (Å²) in [5.74, 6) is -2.44. The number of benzene rings is 3. The van der Waals surface area contributed by atoms with Crippen molar-refractivity contribution in [1.82, 2.24) is 0 Å². The number of ether oxygens (including phenoxy) is 4. The number of carbonyl (C=O) groups excluding carboxylic acids is 3. The third-order valence-electron chi connectivity index (χ3n) is 5.48. The standard InChI is InChI=1S/C24H12Cl4O7/c25-9-21(29)33-19-7-17-13(5-15(19)27)24(12-4-2-1-3-11(12)23(31)35-24)14-6-16(28)20(8-18(14)32-17)34-22(30)10-26/h1-8H,9-10H2. The summed E-state index contributed by atoms with van der Waals surface area (Å²) in [7, 11) is 0. The van der Waals surface area contributed by atoms with Crippen LogP contribution in [0.5, 0.6) is 23.0 Å². The second kappa shape index (κ2) is 8.91. The van der Waals surface area contributed by atoms with Crippen molar-refractivity contribution in [3.63, 3.8) is 0 Å². The van der Waals surface area contributed by atoms with Crippen LogP contribution in [0.4, 0.5) is 0 Å². The Morgan fingerprint density at radius 3 is 1.83 bits per heavy atom. The summed E-state index contributed by atoms with van der Waals surface area (Å²) in [5.41, 5.74) is 0.127. The zero-order valence-corrected chi connectivity index (χ0v) is 20.4. The lowest BCUT2D eigenvalue weighted by Crippen LogP contribution is -2.33. The summed E-state index contributed by atoms with van der Waals surface area (Å²) < 4.78 is 22.5. The van der Waals surface area contributed by atoms with Gasteiger partial charge in [-0.1, -0.05) is 41.4 Å². The third-order valence-corrected chi connectivity index (χ3v) is 6.51. The normalized spacial score (nSPS) is 14.3. The number of alkyl halides is 2. The topological polar surface area (TPSA) is 88.1 Å². The molecule has 0 bridgehead atoms. The Balaban J connectivity index is 1.77. The van der Waals surface area contributed by atoms with Gasteiger partial charge >= 0.3 is 17.9 Å². The molecule has 11 heteroatoms. The van der Waals surface area contributed by atoms with E-state index in [0.29, 0.717) is 22.3 Å². The number of esters is 3. The van der Waals surface area contributed by atoms with Gasteiger partial charge in [0, 0.05) is 28.8 Å². The van der Waals surface area contributed by atoms with Gasteiger partial charge in [-0.3, -0.25) is 9.59 Å². The molecule has 0 amide bonds. The van der Waals surface area contributed by atoms with E-state index in [2.05, 4.69) is 0 Å². The molecule has 5 rings (SSSR count). The van der Waals surface area contributed by atoms with Gasteiger partial charge in [-0.05, 0) is 18.2 Å². The molecule has 0 aliphatic carbocycles. The summed E-state index contributed by atoms with van der Waals surface area (Å²) in [6.07, 6.45) is 0. The second-order valence-electron chi connectivity index (χ2n) is 7.49. The molecule has 0 fully saturated rings. The van der Waals surface area contributed by atoms with Crippen LogP contribution < -0.4 is 14.2 Å². The quantitative estimate of drug-likeness (QED) is 0.227. The van der Waals surface area contributed by atoms with Crippen LogP contribution in [0.1, 0.15) is 27.0 Å². The maximum absolute atomic E-state index is 12.9. The Morgan fingerprint density at radius 1 is 0.800 bits per heavy atom. The van der Waals surface area contributed by atoms with Gasteiger partial charge in [-0.2, -0.15) is 0 Å². The van der Waals surface area contributed by atoms with Crippen LogP contribution in [0.25, 0.3) is 0 Å². The summed E-state index contributed by atoms with van der Waals surface area (Å²) in [4.78, 5) is 36.5. The highest BCUT2D eigenvalue weighted by atomic mass is 35.5. The molecule has 178 valence electrons. The van der Waals surface area contributed by atoms with E-state index in [9.17, 15) is 14.4 Å². The molecule has 2 heterocycles. The van der Waals surface area contributed by atoms with E-state index >= 15 is 0 Å². The second-order valence-corrected chi connectivity index (χ2v) is 8.84. The van der Waals surface area contributed by atoms with Gasteiger partial charge in [-0.25, -0.2) is 4.79 Å². The van der Waals surface area contributed by atoms with Crippen molar-refractivity contribution >= 4 is 64.3 Å². The summed E-state index contributed by atoms with van der Waals surface area (Å²) in [6.45, 7) is 0. The number of halogens is 4. The lowest BCUT2D eigenvalue weighted by atomic mass is 9.77. The van der Waals surface area contributed by atoms with Gasteiger partial charge in [0.15, 0.2) is 17.1 Å². The fraction of sp³-hybridized carbons (Fsp3) is 0.125. The lowest BCUT2D eigenvalue weighted by Gasteiger charge is -2.37. The Hall–Kier alpha value is -2.97. The van der Waals surface area contributed by atoms with E-state index in [1.165, 1.54) is 24.3 Å². The molecule has 3 aromatic carbocycles. The Bertz CT molecular complexity index is 1350. The average molecular weight is 554 g/mol. The molecule has 2 aliphatic heterocycles. The molecular formula is C24H12Cl4O7. The van der Waals surface area contributed by atoms with Crippen molar-refractivity contribution in [3.05, 3.63) is 80.8 Å². The number of carbonyl (C=O) groups is 3. The summed E-state index contributed by atoms with van der Waals surface area (Å²) in [5, 5.41) is 0.126. The highest BCUT2D eigenvalue weighted by Crippen LogP contribution is 2.58. The summed E-state index contributed by atoms with van der Waals surface area (Å²) >= 11 is 24.0. The van der Waals surface area contributed by atoms with Crippen LogP contribution in [0.3, 0.4) is 0 Å². The highest BCUT2D eigenvalue weighted by Gasteiger charge is 2.54. The minimum Gasteiger partial charge on any atom is -0.456 e. The van der Waals surface area contributed by atoms with E-state index in [1.54, 1.807) is 24.3 Å². The molecule has 3 aromatic rings. The van der Waals surface area contributed by atoms with E-state index in [0.717, 1.165) is 0 Å². The van der Waals surface area contributed by atoms with Gasteiger partial charge in [0.2, 0.25) is 0 Å². The Morgan fingerprint density at radius 2 is 1.31 bits per heavy atom. The maximum Gasteiger partial charge on any atom is 0.340 e. The van der Waals surface area contributed by atoms with Crippen LogP contribution in [-0.4, -0.2) is 29.7 Å². The van der Waals surface area contributed by atoms with Crippen molar-refractivity contribution in [2.45, 2.75) is 5.60 Å².